The molecule has 3 aromatic rings. The highest BCUT2D eigenvalue weighted by molar-refractivity contribution is 5.16. The van der Waals surface area contributed by atoms with Crippen LogP contribution in [-0.4, -0.2) is 16.0 Å². The maximum absolute atomic E-state index is 4.31. The molecule has 0 aliphatic heterocycles. The number of aryl methyl sites for hydroxylation is 2. The highest BCUT2D eigenvalue weighted by Crippen LogP contribution is 2.11. The molecule has 0 unspecified atom stereocenters. The van der Waals surface area contributed by atoms with E-state index < -0.39 is 0 Å². The Hall–Kier alpha value is -2.39. The van der Waals surface area contributed by atoms with Crippen molar-refractivity contribution in [2.24, 2.45) is 0 Å². The second-order valence-electron chi connectivity index (χ2n) is 6.16. The Morgan fingerprint density at radius 1 is 0.833 bits per heavy atom. The van der Waals surface area contributed by atoms with Gasteiger partial charge in [0.15, 0.2) is 0 Å². The van der Waals surface area contributed by atoms with E-state index in [1.54, 1.807) is 6.20 Å². The second kappa shape index (κ2) is 9.04. The van der Waals surface area contributed by atoms with Crippen molar-refractivity contribution in [3.8, 4) is 0 Å². The number of H-pyrrole nitrogens is 1. The summed E-state index contributed by atoms with van der Waals surface area (Å²) in [6, 6.07) is 21.9. The number of aromatic amines is 1. The summed E-state index contributed by atoms with van der Waals surface area (Å²) in [5.41, 5.74) is 2.81. The molecule has 2 N–H and O–H groups in total. The Bertz CT molecular complexity index is 634. The molecule has 3 rings (SSSR count). The van der Waals surface area contributed by atoms with Crippen LogP contribution in [0.15, 0.2) is 73.1 Å². The van der Waals surface area contributed by atoms with E-state index in [0.29, 0.717) is 6.04 Å². The van der Waals surface area contributed by atoms with Gasteiger partial charge in [0.25, 0.3) is 0 Å². The molecule has 0 aliphatic rings. The SMILES string of the molecule is c1ccc(CCC(CCc2ccccc2)NCc2ncc[nH]2)cc1. The fourth-order valence-electron chi connectivity index (χ4n) is 2.96. The fraction of sp³-hybridized carbons (Fsp3) is 0.286. The third-order valence-corrected chi connectivity index (χ3v) is 4.36. The smallest absolute Gasteiger partial charge is 0.120 e. The third kappa shape index (κ3) is 5.36. The molecule has 124 valence electrons. The first kappa shape index (κ1) is 16.5. The summed E-state index contributed by atoms with van der Waals surface area (Å²) in [6.07, 6.45) is 8.16. The van der Waals surface area contributed by atoms with Crippen molar-refractivity contribution < 1.29 is 0 Å². The molecular weight excluding hydrogens is 294 g/mol. The first-order valence-corrected chi connectivity index (χ1v) is 8.69. The van der Waals surface area contributed by atoms with Crippen LogP contribution in [0.4, 0.5) is 0 Å². The minimum atomic E-state index is 0.482. The summed E-state index contributed by atoms with van der Waals surface area (Å²) in [7, 11) is 0. The largest absolute Gasteiger partial charge is 0.348 e. The fourth-order valence-corrected chi connectivity index (χ4v) is 2.96. The Balaban J connectivity index is 1.54. The first-order chi connectivity index (χ1) is 11.9. The number of benzene rings is 2. The maximum atomic E-state index is 4.31. The van der Waals surface area contributed by atoms with Gasteiger partial charge in [0.1, 0.15) is 5.82 Å². The highest BCUT2D eigenvalue weighted by Gasteiger charge is 2.10. The average molecular weight is 319 g/mol. The van der Waals surface area contributed by atoms with Gasteiger partial charge in [0.05, 0.1) is 6.54 Å². The summed E-state index contributed by atoms with van der Waals surface area (Å²) >= 11 is 0. The van der Waals surface area contributed by atoms with Gasteiger partial charge >= 0.3 is 0 Å². The van der Waals surface area contributed by atoms with Crippen LogP contribution in [0, 0.1) is 0 Å². The Morgan fingerprint density at radius 2 is 1.42 bits per heavy atom. The number of nitrogens with zero attached hydrogens (tertiary/aromatic N) is 1. The van der Waals surface area contributed by atoms with Gasteiger partial charge in [-0.05, 0) is 36.8 Å². The van der Waals surface area contributed by atoms with Gasteiger partial charge in [-0.15, -0.1) is 0 Å². The van der Waals surface area contributed by atoms with Gasteiger partial charge in [0, 0.05) is 18.4 Å². The van der Waals surface area contributed by atoms with Crippen molar-refractivity contribution in [1.29, 1.82) is 0 Å². The molecule has 1 aromatic heterocycles. The Morgan fingerprint density at radius 3 is 1.92 bits per heavy atom. The molecule has 24 heavy (non-hydrogen) atoms. The number of imidazole rings is 1. The van der Waals surface area contributed by atoms with E-state index in [4.69, 9.17) is 0 Å². The molecule has 0 radical (unpaired) electrons. The third-order valence-electron chi connectivity index (χ3n) is 4.36. The van der Waals surface area contributed by atoms with Crippen LogP contribution in [0.25, 0.3) is 0 Å². The number of nitrogens with one attached hydrogen (secondary N) is 2. The Kier molecular flexibility index (Phi) is 6.20. The summed E-state index contributed by atoms with van der Waals surface area (Å²) in [6.45, 7) is 0.793. The van der Waals surface area contributed by atoms with Gasteiger partial charge in [-0.1, -0.05) is 60.7 Å². The van der Waals surface area contributed by atoms with Crippen molar-refractivity contribution in [1.82, 2.24) is 15.3 Å². The molecule has 0 spiro atoms. The predicted molar refractivity (Wildman–Crippen MR) is 98.7 cm³/mol. The molecular formula is C21H25N3. The van der Waals surface area contributed by atoms with Crippen molar-refractivity contribution in [2.75, 3.05) is 0 Å². The minimum Gasteiger partial charge on any atom is -0.348 e. The number of rotatable bonds is 9. The van der Waals surface area contributed by atoms with Crippen LogP contribution in [0.5, 0.6) is 0 Å². The Labute approximate surface area is 144 Å². The molecule has 1 heterocycles. The number of aromatic nitrogens is 2. The van der Waals surface area contributed by atoms with Crippen LogP contribution in [0.1, 0.15) is 29.8 Å². The topological polar surface area (TPSA) is 40.7 Å². The van der Waals surface area contributed by atoms with Gasteiger partial charge < -0.3 is 10.3 Å². The second-order valence-corrected chi connectivity index (χ2v) is 6.16. The van der Waals surface area contributed by atoms with E-state index in [-0.39, 0.29) is 0 Å². The van der Waals surface area contributed by atoms with Crippen molar-refractivity contribution >= 4 is 0 Å². The highest BCUT2D eigenvalue weighted by atomic mass is 15.0. The minimum absolute atomic E-state index is 0.482. The molecule has 3 heteroatoms. The monoisotopic (exact) mass is 319 g/mol. The summed E-state index contributed by atoms with van der Waals surface area (Å²) in [5, 5.41) is 3.67. The number of hydrogen-bond acceptors (Lipinski definition) is 2. The molecule has 3 nitrogen and oxygen atoms in total. The normalized spacial score (nSPS) is 11.0. The van der Waals surface area contributed by atoms with E-state index >= 15 is 0 Å². The molecule has 0 atom stereocenters. The zero-order valence-electron chi connectivity index (χ0n) is 14.0. The molecule has 0 saturated carbocycles. The lowest BCUT2D eigenvalue weighted by atomic mass is 9.99. The van der Waals surface area contributed by atoms with E-state index in [2.05, 4.69) is 75.9 Å². The van der Waals surface area contributed by atoms with E-state index in [1.807, 2.05) is 6.20 Å². The summed E-state index contributed by atoms with van der Waals surface area (Å²) < 4.78 is 0. The van der Waals surface area contributed by atoms with Crippen LogP contribution in [0.3, 0.4) is 0 Å². The zero-order chi connectivity index (χ0) is 16.5. The van der Waals surface area contributed by atoms with Crippen molar-refractivity contribution in [3.05, 3.63) is 90.0 Å². The summed E-state index contributed by atoms with van der Waals surface area (Å²) in [4.78, 5) is 7.47. The predicted octanol–water partition coefficient (Wildman–Crippen LogP) is 4.13. The van der Waals surface area contributed by atoms with E-state index in [0.717, 1.165) is 38.1 Å². The lowest BCUT2D eigenvalue weighted by Gasteiger charge is -2.18. The molecule has 0 fully saturated rings. The average Bonchev–Trinajstić information content (AvgIpc) is 3.16. The number of hydrogen-bond donors (Lipinski definition) is 2. The van der Waals surface area contributed by atoms with Crippen molar-refractivity contribution in [3.63, 3.8) is 0 Å². The standard InChI is InChI=1S/C21H25N3/c1-3-7-18(8-4-1)11-13-20(24-17-21-22-15-16-23-21)14-12-19-9-5-2-6-10-19/h1-10,15-16,20,24H,11-14,17H2,(H,22,23). The van der Waals surface area contributed by atoms with Crippen LogP contribution in [-0.2, 0) is 19.4 Å². The van der Waals surface area contributed by atoms with Crippen LogP contribution < -0.4 is 5.32 Å². The molecule has 0 amide bonds. The lowest BCUT2D eigenvalue weighted by molar-refractivity contribution is 0.446. The molecule has 0 bridgehead atoms. The lowest BCUT2D eigenvalue weighted by Crippen LogP contribution is -2.30. The van der Waals surface area contributed by atoms with Gasteiger partial charge in [-0.25, -0.2) is 4.98 Å². The van der Waals surface area contributed by atoms with Gasteiger partial charge in [-0.2, -0.15) is 0 Å². The molecule has 0 saturated heterocycles. The summed E-state index contributed by atoms with van der Waals surface area (Å²) in [5.74, 6) is 0.999. The van der Waals surface area contributed by atoms with Crippen molar-refractivity contribution in [2.45, 2.75) is 38.3 Å². The van der Waals surface area contributed by atoms with Crippen LogP contribution in [0.2, 0.25) is 0 Å². The van der Waals surface area contributed by atoms with E-state index in [9.17, 15) is 0 Å². The van der Waals surface area contributed by atoms with Crippen LogP contribution >= 0.6 is 0 Å². The quantitative estimate of drug-likeness (QED) is 0.622. The maximum Gasteiger partial charge on any atom is 0.120 e. The molecule has 2 aromatic carbocycles. The first-order valence-electron chi connectivity index (χ1n) is 8.69. The van der Waals surface area contributed by atoms with E-state index in [1.165, 1.54) is 11.1 Å². The molecule has 0 aliphatic carbocycles. The zero-order valence-corrected chi connectivity index (χ0v) is 14.0. The van der Waals surface area contributed by atoms with Gasteiger partial charge in [0.2, 0.25) is 0 Å². The van der Waals surface area contributed by atoms with Gasteiger partial charge in [-0.3, -0.25) is 0 Å².